The van der Waals surface area contributed by atoms with Crippen LogP contribution < -0.4 is 0 Å². The van der Waals surface area contributed by atoms with Gasteiger partial charge in [-0.15, -0.1) is 0 Å². The lowest BCUT2D eigenvalue weighted by atomic mass is 9.47. The summed E-state index contributed by atoms with van der Waals surface area (Å²) in [4.78, 5) is 4.80. The average Bonchev–Trinajstić information content (AvgIpc) is 3.38. The summed E-state index contributed by atoms with van der Waals surface area (Å²) in [7, 11) is 0. The molecule has 0 saturated heterocycles. The molecule has 1 aromatic rings. The lowest BCUT2D eigenvalue weighted by Gasteiger charge is -2.58. The van der Waals surface area contributed by atoms with Crippen molar-refractivity contribution < 1.29 is 9.84 Å². The maximum atomic E-state index is 10.3. The minimum atomic E-state index is -0.121. The Balaban J connectivity index is 1.21. The zero-order valence-corrected chi connectivity index (χ0v) is 20.2. The van der Waals surface area contributed by atoms with E-state index in [1.54, 1.807) is 5.57 Å². The predicted molar refractivity (Wildman–Crippen MR) is 129 cm³/mol. The van der Waals surface area contributed by atoms with E-state index in [0.717, 1.165) is 60.0 Å². The molecule has 1 heterocycles. The Hall–Kier alpha value is -1.32. The minimum absolute atomic E-state index is 0.121. The van der Waals surface area contributed by atoms with E-state index in [1.165, 1.54) is 32.1 Å². The molecular weight excluding hydrogens is 418 g/mol. The molecule has 0 spiro atoms. The summed E-state index contributed by atoms with van der Waals surface area (Å²) in [6, 6.07) is 7.88. The van der Waals surface area contributed by atoms with Crippen molar-refractivity contribution >= 4 is 17.5 Å². The van der Waals surface area contributed by atoms with E-state index in [4.69, 9.17) is 21.3 Å². The van der Waals surface area contributed by atoms with Gasteiger partial charge in [0.05, 0.1) is 12.6 Å². The van der Waals surface area contributed by atoms with Crippen molar-refractivity contribution in [2.75, 3.05) is 6.54 Å². The van der Waals surface area contributed by atoms with Crippen LogP contribution in [0.3, 0.4) is 0 Å². The Labute approximate surface area is 197 Å². The average molecular weight is 454 g/mol. The fourth-order valence-electron chi connectivity index (χ4n) is 8.67. The molecule has 0 aromatic heterocycles. The quantitative estimate of drug-likeness (QED) is 0.524. The summed E-state index contributed by atoms with van der Waals surface area (Å²) in [6.45, 7) is 5.86. The zero-order chi connectivity index (χ0) is 22.1. The number of aliphatic imine (C=N–C) groups is 1. The second-order valence-corrected chi connectivity index (χ2v) is 12.1. The highest BCUT2D eigenvalue weighted by molar-refractivity contribution is 6.30. The van der Waals surface area contributed by atoms with Crippen LogP contribution in [0.2, 0.25) is 5.02 Å². The third-order valence-electron chi connectivity index (χ3n) is 10.3. The van der Waals surface area contributed by atoms with Crippen molar-refractivity contribution in [2.24, 2.45) is 39.5 Å². The SMILES string of the molecule is C[C@]12CC[C@H]3[C@@H](CC=C4C[C@@H](O)CC[C@@]43C)[C@@H]1CC[C@@H]2[C@@H]1CN=C(c2cccc(Cl)c2)O1. The van der Waals surface area contributed by atoms with Gasteiger partial charge in [-0.1, -0.05) is 43.2 Å². The molecule has 1 aliphatic heterocycles. The number of rotatable bonds is 2. The number of hydrogen-bond acceptors (Lipinski definition) is 3. The van der Waals surface area contributed by atoms with Gasteiger partial charge in [0.1, 0.15) is 6.10 Å². The van der Waals surface area contributed by atoms with Crippen LogP contribution in [0.4, 0.5) is 0 Å². The first-order chi connectivity index (χ1) is 15.4. The third-order valence-corrected chi connectivity index (χ3v) is 10.6. The molecule has 4 heteroatoms. The van der Waals surface area contributed by atoms with E-state index < -0.39 is 0 Å². The van der Waals surface area contributed by atoms with Gasteiger partial charge in [-0.05, 0) is 98.1 Å². The summed E-state index contributed by atoms with van der Waals surface area (Å²) >= 11 is 6.20. The standard InChI is InChI=1S/C28H36ClNO2/c1-27-12-10-20(31)15-18(27)6-7-21-22-8-9-24(28(22,2)13-11-23(21)27)25-16-30-26(32-25)17-4-3-5-19(29)14-17/h3-6,14,20-25,31H,7-13,15-16H2,1-2H3/t20-,21-,22-,23-,24+,25-,27-,28-/m0/s1. The molecule has 3 fully saturated rings. The highest BCUT2D eigenvalue weighted by Crippen LogP contribution is 2.66. The maximum Gasteiger partial charge on any atom is 0.216 e. The van der Waals surface area contributed by atoms with E-state index >= 15 is 0 Å². The monoisotopic (exact) mass is 453 g/mol. The molecule has 172 valence electrons. The van der Waals surface area contributed by atoms with Gasteiger partial charge in [-0.25, -0.2) is 4.99 Å². The first-order valence-corrected chi connectivity index (χ1v) is 13.1. The maximum absolute atomic E-state index is 10.3. The molecule has 3 nitrogen and oxygen atoms in total. The largest absolute Gasteiger partial charge is 0.472 e. The number of allylic oxidation sites excluding steroid dienone is 1. The Morgan fingerprint density at radius 2 is 1.91 bits per heavy atom. The highest BCUT2D eigenvalue weighted by atomic mass is 35.5. The van der Waals surface area contributed by atoms with Crippen LogP contribution in [0.15, 0.2) is 40.9 Å². The highest BCUT2D eigenvalue weighted by Gasteiger charge is 2.60. The van der Waals surface area contributed by atoms with E-state index in [0.29, 0.717) is 16.7 Å². The van der Waals surface area contributed by atoms with Gasteiger partial charge in [-0.2, -0.15) is 0 Å². The number of ether oxygens (including phenoxy) is 1. The number of fused-ring (bicyclic) bond motifs is 5. The molecular formula is C28H36ClNO2. The topological polar surface area (TPSA) is 41.8 Å². The van der Waals surface area contributed by atoms with Gasteiger partial charge in [0.25, 0.3) is 0 Å². The van der Waals surface area contributed by atoms with Crippen molar-refractivity contribution in [3.8, 4) is 0 Å². The molecule has 5 aliphatic rings. The summed E-state index contributed by atoms with van der Waals surface area (Å²) in [6.07, 6.45) is 12.1. The molecule has 0 radical (unpaired) electrons. The molecule has 1 aromatic carbocycles. The van der Waals surface area contributed by atoms with Crippen LogP contribution in [-0.2, 0) is 4.74 Å². The number of aliphatic hydroxyl groups is 1. The Morgan fingerprint density at radius 3 is 2.75 bits per heavy atom. The molecule has 0 amide bonds. The fourth-order valence-corrected chi connectivity index (χ4v) is 8.86. The van der Waals surface area contributed by atoms with Gasteiger partial charge in [-0.3, -0.25) is 0 Å². The van der Waals surface area contributed by atoms with Crippen LogP contribution >= 0.6 is 11.6 Å². The van der Waals surface area contributed by atoms with Crippen molar-refractivity contribution in [1.82, 2.24) is 0 Å². The van der Waals surface area contributed by atoms with Crippen molar-refractivity contribution in [3.05, 3.63) is 46.5 Å². The van der Waals surface area contributed by atoms with Crippen LogP contribution in [0.5, 0.6) is 0 Å². The van der Waals surface area contributed by atoms with Crippen LogP contribution in [0.1, 0.15) is 70.8 Å². The van der Waals surface area contributed by atoms with Crippen molar-refractivity contribution in [2.45, 2.75) is 77.4 Å². The van der Waals surface area contributed by atoms with Crippen LogP contribution in [0, 0.1) is 34.5 Å². The van der Waals surface area contributed by atoms with Crippen molar-refractivity contribution in [3.63, 3.8) is 0 Å². The smallest absolute Gasteiger partial charge is 0.216 e. The summed E-state index contributed by atoms with van der Waals surface area (Å²) < 4.78 is 6.51. The summed E-state index contributed by atoms with van der Waals surface area (Å²) in [5.41, 5.74) is 3.23. The van der Waals surface area contributed by atoms with Gasteiger partial charge in [0.15, 0.2) is 0 Å². The van der Waals surface area contributed by atoms with E-state index in [2.05, 4.69) is 19.9 Å². The van der Waals surface area contributed by atoms with Crippen molar-refractivity contribution in [1.29, 1.82) is 0 Å². The van der Waals surface area contributed by atoms with Gasteiger partial charge < -0.3 is 9.84 Å². The molecule has 8 atom stereocenters. The second kappa shape index (κ2) is 7.60. The molecule has 0 unspecified atom stereocenters. The predicted octanol–water partition coefficient (Wildman–Crippen LogP) is 6.43. The fraction of sp³-hybridized carbons (Fsp3) is 0.679. The lowest BCUT2D eigenvalue weighted by Crippen LogP contribution is -2.51. The number of benzene rings is 1. The lowest BCUT2D eigenvalue weighted by molar-refractivity contribution is -0.0646. The normalized spacial score (nSPS) is 45.2. The minimum Gasteiger partial charge on any atom is -0.472 e. The number of hydrogen-bond donors (Lipinski definition) is 1. The van der Waals surface area contributed by atoms with E-state index in [9.17, 15) is 5.11 Å². The van der Waals surface area contributed by atoms with Gasteiger partial charge >= 0.3 is 0 Å². The van der Waals surface area contributed by atoms with E-state index in [-0.39, 0.29) is 12.2 Å². The molecule has 3 saturated carbocycles. The summed E-state index contributed by atoms with van der Waals surface area (Å²) in [5.74, 6) is 3.72. The number of aliphatic hydroxyl groups excluding tert-OH is 1. The van der Waals surface area contributed by atoms with Gasteiger partial charge in [0, 0.05) is 16.5 Å². The summed E-state index contributed by atoms with van der Waals surface area (Å²) in [5, 5.41) is 11.0. The van der Waals surface area contributed by atoms with Crippen LogP contribution in [-0.4, -0.2) is 29.8 Å². The molecule has 6 rings (SSSR count). The Kier molecular flexibility index (Phi) is 5.04. The molecule has 0 bridgehead atoms. The first kappa shape index (κ1) is 21.2. The first-order valence-electron chi connectivity index (χ1n) is 12.7. The van der Waals surface area contributed by atoms with E-state index in [1.807, 2.05) is 24.3 Å². The molecule has 1 N–H and O–H groups in total. The molecule has 32 heavy (non-hydrogen) atoms. The zero-order valence-electron chi connectivity index (χ0n) is 19.4. The Morgan fingerprint density at radius 1 is 1.06 bits per heavy atom. The second-order valence-electron chi connectivity index (χ2n) is 11.7. The molecule has 4 aliphatic carbocycles. The van der Waals surface area contributed by atoms with Gasteiger partial charge in [0.2, 0.25) is 5.90 Å². The Bertz CT molecular complexity index is 972. The number of halogens is 1. The number of nitrogens with zero attached hydrogens (tertiary/aromatic N) is 1. The third kappa shape index (κ3) is 3.14. The van der Waals surface area contributed by atoms with Crippen LogP contribution in [0.25, 0.3) is 0 Å².